The van der Waals surface area contributed by atoms with Gasteiger partial charge in [-0.05, 0) is 25.0 Å². The van der Waals surface area contributed by atoms with E-state index < -0.39 is 0 Å². The highest BCUT2D eigenvalue weighted by atomic mass is 16.5. The first-order valence-electron chi connectivity index (χ1n) is 5.97. The fourth-order valence-corrected chi connectivity index (χ4v) is 1.68. The Morgan fingerprint density at radius 3 is 3.00 bits per heavy atom. The molecule has 2 heterocycles. The molecule has 0 N–H and O–H groups in total. The van der Waals surface area contributed by atoms with Crippen LogP contribution in [-0.2, 0) is 11.2 Å². The van der Waals surface area contributed by atoms with Crippen LogP contribution in [0.3, 0.4) is 0 Å². The van der Waals surface area contributed by atoms with Crippen LogP contribution in [0.25, 0.3) is 11.5 Å². The van der Waals surface area contributed by atoms with Gasteiger partial charge in [-0.3, -0.25) is 9.78 Å². The molecule has 5 heteroatoms. The summed E-state index contributed by atoms with van der Waals surface area (Å²) in [5, 5.41) is 3.86. The quantitative estimate of drug-likeness (QED) is 0.808. The maximum atomic E-state index is 11.5. The minimum absolute atomic E-state index is 0.116. The molecule has 0 saturated carbocycles. The molecule has 0 radical (unpaired) electrons. The van der Waals surface area contributed by atoms with Gasteiger partial charge in [-0.2, -0.15) is 4.98 Å². The van der Waals surface area contributed by atoms with Gasteiger partial charge in [-0.15, -0.1) is 0 Å². The Hall–Kier alpha value is -2.04. The standard InChI is InChI=1S/C13H15N3O2/c1-3-5-10(17)8-11-15-13(16-18-11)12-9(2)6-4-7-14-12/h4,6-7H,3,5,8H2,1-2H3. The molecular weight excluding hydrogens is 230 g/mol. The third kappa shape index (κ3) is 2.80. The number of ketones is 1. The van der Waals surface area contributed by atoms with Crippen molar-refractivity contribution in [3.8, 4) is 11.5 Å². The molecule has 94 valence electrons. The van der Waals surface area contributed by atoms with E-state index in [9.17, 15) is 4.79 Å². The van der Waals surface area contributed by atoms with Gasteiger partial charge in [0.1, 0.15) is 11.5 Å². The molecule has 0 aliphatic carbocycles. The molecule has 0 spiro atoms. The first kappa shape index (κ1) is 12.4. The monoisotopic (exact) mass is 245 g/mol. The van der Waals surface area contributed by atoms with Crippen molar-refractivity contribution in [1.29, 1.82) is 0 Å². The van der Waals surface area contributed by atoms with Crippen LogP contribution in [0.4, 0.5) is 0 Å². The van der Waals surface area contributed by atoms with Gasteiger partial charge >= 0.3 is 0 Å². The molecule has 0 atom stereocenters. The Bertz CT molecular complexity index is 549. The van der Waals surface area contributed by atoms with E-state index >= 15 is 0 Å². The normalized spacial score (nSPS) is 10.6. The first-order valence-corrected chi connectivity index (χ1v) is 5.97. The van der Waals surface area contributed by atoms with Gasteiger partial charge in [0.15, 0.2) is 0 Å². The zero-order valence-electron chi connectivity index (χ0n) is 10.5. The van der Waals surface area contributed by atoms with Gasteiger partial charge in [0.05, 0.1) is 6.42 Å². The third-order valence-corrected chi connectivity index (χ3v) is 2.57. The van der Waals surface area contributed by atoms with Crippen molar-refractivity contribution in [3.63, 3.8) is 0 Å². The summed E-state index contributed by atoms with van der Waals surface area (Å²) in [5.41, 5.74) is 1.67. The second-order valence-electron chi connectivity index (χ2n) is 4.15. The molecular formula is C13H15N3O2. The Morgan fingerprint density at radius 1 is 1.44 bits per heavy atom. The van der Waals surface area contributed by atoms with E-state index in [2.05, 4.69) is 15.1 Å². The lowest BCUT2D eigenvalue weighted by Gasteiger charge is -1.96. The number of nitrogens with zero attached hydrogens (tertiary/aromatic N) is 3. The van der Waals surface area contributed by atoms with Gasteiger partial charge in [0, 0.05) is 12.6 Å². The van der Waals surface area contributed by atoms with E-state index in [-0.39, 0.29) is 12.2 Å². The van der Waals surface area contributed by atoms with Crippen molar-refractivity contribution in [2.45, 2.75) is 33.1 Å². The van der Waals surface area contributed by atoms with E-state index in [0.717, 1.165) is 12.0 Å². The van der Waals surface area contributed by atoms with Crippen LogP contribution in [0.1, 0.15) is 31.2 Å². The lowest BCUT2D eigenvalue weighted by molar-refractivity contribution is -0.118. The predicted octanol–water partition coefficient (Wildman–Crippen LogP) is 2.35. The second kappa shape index (κ2) is 5.53. The van der Waals surface area contributed by atoms with Crippen LogP contribution >= 0.6 is 0 Å². The molecule has 0 fully saturated rings. The summed E-state index contributed by atoms with van der Waals surface area (Å²) in [6.07, 6.45) is 3.26. The lowest BCUT2D eigenvalue weighted by Crippen LogP contribution is -2.02. The number of carbonyl (C=O) groups excluding carboxylic acids is 1. The highest BCUT2D eigenvalue weighted by Crippen LogP contribution is 2.17. The number of pyridine rings is 1. The summed E-state index contributed by atoms with van der Waals surface area (Å²) >= 11 is 0. The number of rotatable bonds is 5. The predicted molar refractivity (Wildman–Crippen MR) is 65.9 cm³/mol. The average molecular weight is 245 g/mol. The molecule has 0 bridgehead atoms. The topological polar surface area (TPSA) is 68.9 Å². The van der Waals surface area contributed by atoms with Crippen LogP contribution in [0.2, 0.25) is 0 Å². The van der Waals surface area contributed by atoms with Crippen LogP contribution in [0, 0.1) is 6.92 Å². The molecule has 0 aromatic carbocycles. The lowest BCUT2D eigenvalue weighted by atomic mass is 10.2. The molecule has 2 aromatic heterocycles. The van der Waals surface area contributed by atoms with Crippen molar-refractivity contribution in [2.75, 3.05) is 0 Å². The van der Waals surface area contributed by atoms with E-state index in [1.54, 1.807) is 6.20 Å². The largest absolute Gasteiger partial charge is 0.338 e. The molecule has 0 saturated heterocycles. The van der Waals surface area contributed by atoms with Crippen molar-refractivity contribution in [2.24, 2.45) is 0 Å². The van der Waals surface area contributed by atoms with Gasteiger partial charge < -0.3 is 4.52 Å². The number of Topliss-reactive ketones (excluding diaryl/α,β-unsaturated/α-hetero) is 1. The second-order valence-corrected chi connectivity index (χ2v) is 4.15. The fraction of sp³-hybridized carbons (Fsp3) is 0.385. The van der Waals surface area contributed by atoms with Crippen molar-refractivity contribution in [1.82, 2.24) is 15.1 Å². The Labute approximate surface area is 105 Å². The number of aromatic nitrogens is 3. The maximum Gasteiger partial charge on any atom is 0.234 e. The van der Waals surface area contributed by atoms with E-state index in [1.807, 2.05) is 26.0 Å². The summed E-state index contributed by atoms with van der Waals surface area (Å²) in [4.78, 5) is 19.9. The van der Waals surface area contributed by atoms with Crippen LogP contribution in [-0.4, -0.2) is 20.9 Å². The van der Waals surface area contributed by atoms with Crippen molar-refractivity contribution in [3.05, 3.63) is 29.8 Å². The summed E-state index contributed by atoms with van der Waals surface area (Å²) in [5.74, 6) is 0.909. The van der Waals surface area contributed by atoms with Gasteiger partial charge in [0.2, 0.25) is 11.7 Å². The van der Waals surface area contributed by atoms with E-state index in [0.29, 0.717) is 23.8 Å². The van der Waals surface area contributed by atoms with Gasteiger partial charge in [-0.25, -0.2) is 0 Å². The van der Waals surface area contributed by atoms with Crippen LogP contribution in [0.15, 0.2) is 22.9 Å². The molecule has 18 heavy (non-hydrogen) atoms. The SMILES string of the molecule is CCCC(=O)Cc1nc(-c2ncccc2C)no1. The zero-order chi connectivity index (χ0) is 13.0. The molecule has 2 rings (SSSR count). The summed E-state index contributed by atoms with van der Waals surface area (Å²) in [6.45, 7) is 3.90. The number of carbonyl (C=O) groups is 1. The average Bonchev–Trinajstić information content (AvgIpc) is 2.78. The van der Waals surface area contributed by atoms with Gasteiger partial charge in [0.25, 0.3) is 0 Å². The first-order chi connectivity index (χ1) is 8.70. The van der Waals surface area contributed by atoms with Crippen molar-refractivity contribution >= 4 is 5.78 Å². The fourth-order valence-electron chi connectivity index (χ4n) is 1.68. The van der Waals surface area contributed by atoms with Gasteiger partial charge in [-0.1, -0.05) is 18.1 Å². The number of hydrogen-bond donors (Lipinski definition) is 0. The van der Waals surface area contributed by atoms with E-state index in [4.69, 9.17) is 4.52 Å². The number of aryl methyl sites for hydroxylation is 1. The summed E-state index contributed by atoms with van der Waals surface area (Å²) in [7, 11) is 0. The molecule has 0 aliphatic rings. The molecule has 0 amide bonds. The molecule has 2 aromatic rings. The van der Waals surface area contributed by atoms with Crippen molar-refractivity contribution < 1.29 is 9.32 Å². The Morgan fingerprint density at radius 2 is 2.28 bits per heavy atom. The highest BCUT2D eigenvalue weighted by Gasteiger charge is 2.13. The Balaban J connectivity index is 2.16. The molecule has 0 unspecified atom stereocenters. The summed E-state index contributed by atoms with van der Waals surface area (Å²) in [6, 6.07) is 3.78. The van der Waals surface area contributed by atoms with Crippen LogP contribution < -0.4 is 0 Å². The number of hydrogen-bond acceptors (Lipinski definition) is 5. The minimum atomic E-state index is 0.116. The maximum absolute atomic E-state index is 11.5. The Kier molecular flexibility index (Phi) is 3.82. The van der Waals surface area contributed by atoms with Crippen LogP contribution in [0.5, 0.6) is 0 Å². The smallest absolute Gasteiger partial charge is 0.234 e. The summed E-state index contributed by atoms with van der Waals surface area (Å²) < 4.78 is 5.07. The highest BCUT2D eigenvalue weighted by molar-refractivity contribution is 5.79. The molecule has 5 nitrogen and oxygen atoms in total. The van der Waals surface area contributed by atoms with E-state index in [1.165, 1.54) is 0 Å². The third-order valence-electron chi connectivity index (χ3n) is 2.57. The minimum Gasteiger partial charge on any atom is -0.338 e. The zero-order valence-corrected chi connectivity index (χ0v) is 10.5. The molecule has 0 aliphatic heterocycles.